The van der Waals surface area contributed by atoms with Crippen molar-refractivity contribution in [1.82, 2.24) is 4.98 Å². The van der Waals surface area contributed by atoms with Crippen LogP contribution in [0.1, 0.15) is 37.0 Å². The number of nitrogens with zero attached hydrogens (tertiary/aromatic N) is 1. The van der Waals surface area contributed by atoms with Gasteiger partial charge in [-0.15, -0.1) is 0 Å². The van der Waals surface area contributed by atoms with Crippen LogP contribution in [0.4, 0.5) is 0 Å². The second-order valence-corrected chi connectivity index (χ2v) is 6.84. The molecule has 133 valence electrons. The Hall–Kier alpha value is -2.61. The monoisotopic (exact) mass is 344 g/mol. The van der Waals surface area contributed by atoms with Crippen LogP contribution in [0.3, 0.4) is 0 Å². The van der Waals surface area contributed by atoms with E-state index in [9.17, 15) is 0 Å². The zero-order valence-corrected chi connectivity index (χ0v) is 15.6. The SMILES string of the molecule is CC(C)[C](CCc1cccnc1)c1ccc(OCc2ccccc2)cc1. The lowest BCUT2D eigenvalue weighted by molar-refractivity contribution is 0.306. The first-order valence-electron chi connectivity index (χ1n) is 9.24. The summed E-state index contributed by atoms with van der Waals surface area (Å²) in [7, 11) is 0. The van der Waals surface area contributed by atoms with Crippen LogP contribution in [0.25, 0.3) is 0 Å². The highest BCUT2D eigenvalue weighted by atomic mass is 16.5. The Kier molecular flexibility index (Phi) is 6.43. The molecule has 0 aliphatic carbocycles. The number of aryl methyl sites for hydroxylation is 1. The van der Waals surface area contributed by atoms with E-state index < -0.39 is 0 Å². The molecule has 0 amide bonds. The highest BCUT2D eigenvalue weighted by Gasteiger charge is 2.16. The van der Waals surface area contributed by atoms with Gasteiger partial charge in [0.1, 0.15) is 12.4 Å². The van der Waals surface area contributed by atoms with Crippen LogP contribution in [-0.4, -0.2) is 4.98 Å². The number of ether oxygens (including phenoxy) is 1. The van der Waals surface area contributed by atoms with Crippen molar-refractivity contribution in [2.24, 2.45) is 5.92 Å². The maximum absolute atomic E-state index is 5.90. The van der Waals surface area contributed by atoms with Gasteiger partial charge in [-0.2, -0.15) is 0 Å². The first-order valence-corrected chi connectivity index (χ1v) is 9.24. The summed E-state index contributed by atoms with van der Waals surface area (Å²) in [6.45, 7) is 5.12. The van der Waals surface area contributed by atoms with Crippen LogP contribution < -0.4 is 4.74 Å². The Balaban J connectivity index is 1.60. The molecule has 0 bridgehead atoms. The number of aromatic nitrogens is 1. The van der Waals surface area contributed by atoms with Crippen molar-refractivity contribution in [2.45, 2.75) is 33.3 Å². The van der Waals surface area contributed by atoms with Crippen LogP contribution in [-0.2, 0) is 13.0 Å². The van der Waals surface area contributed by atoms with E-state index in [-0.39, 0.29) is 0 Å². The number of hydrogen-bond donors (Lipinski definition) is 0. The van der Waals surface area contributed by atoms with Crippen molar-refractivity contribution in [3.63, 3.8) is 0 Å². The lowest BCUT2D eigenvalue weighted by atomic mass is 9.84. The Morgan fingerprint density at radius 1 is 0.885 bits per heavy atom. The Bertz CT molecular complexity index is 766. The lowest BCUT2D eigenvalue weighted by Crippen LogP contribution is -2.09. The molecule has 1 heterocycles. The third-order valence-corrected chi connectivity index (χ3v) is 4.58. The molecule has 0 saturated carbocycles. The van der Waals surface area contributed by atoms with Gasteiger partial charge >= 0.3 is 0 Å². The van der Waals surface area contributed by atoms with Crippen molar-refractivity contribution in [3.05, 3.63) is 102 Å². The van der Waals surface area contributed by atoms with E-state index in [0.29, 0.717) is 12.5 Å². The van der Waals surface area contributed by atoms with Gasteiger partial charge in [0.05, 0.1) is 0 Å². The molecule has 3 rings (SSSR count). The first kappa shape index (κ1) is 18.2. The second-order valence-electron chi connectivity index (χ2n) is 6.84. The number of hydrogen-bond acceptors (Lipinski definition) is 2. The molecule has 2 nitrogen and oxygen atoms in total. The standard InChI is InChI=1S/C24H26NO/c1-19(2)24(15-10-20-9-6-16-25-17-20)22-11-13-23(14-12-22)26-18-21-7-4-3-5-8-21/h3-9,11-14,16-17,19H,10,15,18H2,1-2H3. The summed E-state index contributed by atoms with van der Waals surface area (Å²) >= 11 is 0. The molecule has 0 atom stereocenters. The van der Waals surface area contributed by atoms with Gasteiger partial charge in [-0.25, -0.2) is 0 Å². The van der Waals surface area contributed by atoms with Gasteiger partial charge in [-0.05, 0) is 53.6 Å². The van der Waals surface area contributed by atoms with Crippen LogP contribution in [0, 0.1) is 11.8 Å². The third kappa shape index (κ3) is 5.19. The molecule has 2 heteroatoms. The predicted molar refractivity (Wildman–Crippen MR) is 107 cm³/mol. The van der Waals surface area contributed by atoms with Gasteiger partial charge in [0.15, 0.2) is 0 Å². The van der Waals surface area contributed by atoms with Gasteiger partial charge in [-0.3, -0.25) is 4.98 Å². The third-order valence-electron chi connectivity index (χ3n) is 4.58. The summed E-state index contributed by atoms with van der Waals surface area (Å²) in [4.78, 5) is 4.21. The summed E-state index contributed by atoms with van der Waals surface area (Å²) in [6.07, 6.45) is 5.85. The fraction of sp³-hybridized carbons (Fsp3) is 0.250. The van der Waals surface area contributed by atoms with Crippen LogP contribution in [0.15, 0.2) is 79.1 Å². The second kappa shape index (κ2) is 9.19. The Labute approximate surface area is 156 Å². The fourth-order valence-corrected chi connectivity index (χ4v) is 3.10. The smallest absolute Gasteiger partial charge is 0.119 e. The summed E-state index contributed by atoms with van der Waals surface area (Å²) in [5.74, 6) is 2.90. The maximum Gasteiger partial charge on any atom is 0.119 e. The molecule has 0 saturated heterocycles. The van der Waals surface area contributed by atoms with E-state index in [1.165, 1.54) is 22.6 Å². The van der Waals surface area contributed by atoms with E-state index in [1.807, 2.05) is 36.7 Å². The van der Waals surface area contributed by atoms with Crippen LogP contribution in [0.2, 0.25) is 0 Å². The Morgan fingerprint density at radius 2 is 1.62 bits per heavy atom. The topological polar surface area (TPSA) is 22.1 Å². The largest absolute Gasteiger partial charge is 0.489 e. The van der Waals surface area contributed by atoms with Crippen molar-refractivity contribution in [1.29, 1.82) is 0 Å². The quantitative estimate of drug-likeness (QED) is 0.510. The molecule has 0 fully saturated rings. The average molecular weight is 344 g/mol. The molecule has 2 aromatic carbocycles. The molecular formula is C24H26NO. The minimum Gasteiger partial charge on any atom is -0.489 e. The summed E-state index contributed by atoms with van der Waals surface area (Å²) in [5, 5.41) is 0. The van der Waals surface area contributed by atoms with Gasteiger partial charge in [0, 0.05) is 18.3 Å². The van der Waals surface area contributed by atoms with Gasteiger partial charge < -0.3 is 4.74 Å². The predicted octanol–water partition coefficient (Wildman–Crippen LogP) is 5.87. The molecule has 0 N–H and O–H groups in total. The van der Waals surface area contributed by atoms with E-state index in [2.05, 4.69) is 61.3 Å². The average Bonchev–Trinajstić information content (AvgIpc) is 2.69. The van der Waals surface area contributed by atoms with Crippen molar-refractivity contribution < 1.29 is 4.74 Å². The van der Waals surface area contributed by atoms with E-state index in [4.69, 9.17) is 4.74 Å². The fourth-order valence-electron chi connectivity index (χ4n) is 3.10. The molecule has 0 spiro atoms. The summed E-state index contributed by atoms with van der Waals surface area (Å²) in [6, 6.07) is 22.9. The number of rotatable bonds is 8. The molecule has 0 unspecified atom stereocenters. The van der Waals surface area contributed by atoms with Gasteiger partial charge in [0.2, 0.25) is 0 Å². The molecule has 1 radical (unpaired) electrons. The van der Waals surface area contributed by atoms with Crippen LogP contribution >= 0.6 is 0 Å². The molecular weight excluding hydrogens is 318 g/mol. The highest BCUT2D eigenvalue weighted by molar-refractivity contribution is 5.37. The molecule has 1 aromatic heterocycles. The highest BCUT2D eigenvalue weighted by Crippen LogP contribution is 2.29. The van der Waals surface area contributed by atoms with Crippen molar-refractivity contribution in [3.8, 4) is 5.75 Å². The first-order chi connectivity index (χ1) is 12.7. The van der Waals surface area contributed by atoms with Crippen molar-refractivity contribution in [2.75, 3.05) is 0 Å². The summed E-state index contributed by atoms with van der Waals surface area (Å²) < 4.78 is 5.90. The molecule has 0 aliphatic rings. The number of benzene rings is 2. The molecule has 3 aromatic rings. The van der Waals surface area contributed by atoms with E-state index >= 15 is 0 Å². The van der Waals surface area contributed by atoms with Gasteiger partial charge in [-0.1, -0.05) is 62.4 Å². The zero-order chi connectivity index (χ0) is 18.2. The minimum atomic E-state index is 0.516. The van der Waals surface area contributed by atoms with Gasteiger partial charge in [0.25, 0.3) is 0 Å². The number of pyridine rings is 1. The van der Waals surface area contributed by atoms with E-state index in [0.717, 1.165) is 18.6 Å². The Morgan fingerprint density at radius 3 is 2.27 bits per heavy atom. The van der Waals surface area contributed by atoms with Crippen LogP contribution in [0.5, 0.6) is 5.75 Å². The summed E-state index contributed by atoms with van der Waals surface area (Å²) in [5.41, 5.74) is 3.77. The normalized spacial score (nSPS) is 11.1. The van der Waals surface area contributed by atoms with Crippen molar-refractivity contribution >= 4 is 0 Å². The maximum atomic E-state index is 5.90. The zero-order valence-electron chi connectivity index (χ0n) is 15.6. The molecule has 0 aliphatic heterocycles. The minimum absolute atomic E-state index is 0.516. The lowest BCUT2D eigenvalue weighted by Gasteiger charge is -2.21. The van der Waals surface area contributed by atoms with E-state index in [1.54, 1.807) is 0 Å². The molecule has 26 heavy (non-hydrogen) atoms.